The summed E-state index contributed by atoms with van der Waals surface area (Å²) in [5.41, 5.74) is 0.842. The van der Waals surface area contributed by atoms with E-state index in [1.807, 2.05) is 33.1 Å². The fourth-order valence-electron chi connectivity index (χ4n) is 2.18. The third kappa shape index (κ3) is 3.81. The number of aryl methyl sites for hydroxylation is 1. The number of hydrogen-bond acceptors (Lipinski definition) is 4. The predicted molar refractivity (Wildman–Crippen MR) is 85.7 cm³/mol. The minimum absolute atomic E-state index is 0.0322. The first kappa shape index (κ1) is 17.6. The Morgan fingerprint density at radius 2 is 1.90 bits per heavy atom. The van der Waals surface area contributed by atoms with Gasteiger partial charge in [0.1, 0.15) is 4.90 Å². The average Bonchev–Trinajstić information content (AvgIpc) is 2.68. The Balaban J connectivity index is 3.20. The highest BCUT2D eigenvalue weighted by atomic mass is 32.2. The molecule has 116 valence electrons. The third-order valence-corrected chi connectivity index (χ3v) is 6.73. The molecule has 1 N–H and O–H groups in total. The van der Waals surface area contributed by atoms with Crippen molar-refractivity contribution in [3.63, 3.8) is 0 Å². The highest BCUT2D eigenvalue weighted by Gasteiger charge is 2.30. The Morgan fingerprint density at radius 3 is 2.35 bits per heavy atom. The molecule has 0 aliphatic rings. The van der Waals surface area contributed by atoms with Gasteiger partial charge in [-0.1, -0.05) is 20.8 Å². The zero-order valence-corrected chi connectivity index (χ0v) is 14.9. The van der Waals surface area contributed by atoms with Crippen molar-refractivity contribution in [3.05, 3.63) is 15.8 Å². The van der Waals surface area contributed by atoms with Crippen molar-refractivity contribution in [1.82, 2.24) is 9.62 Å². The largest absolute Gasteiger partial charge is 0.310 e. The summed E-state index contributed by atoms with van der Waals surface area (Å²) in [6.45, 7) is 12.8. The minimum atomic E-state index is -3.41. The first-order valence-electron chi connectivity index (χ1n) is 7.04. The number of hydrogen-bond donors (Lipinski definition) is 1. The summed E-state index contributed by atoms with van der Waals surface area (Å²) in [5.74, 6) is 0. The quantitative estimate of drug-likeness (QED) is 0.841. The molecular weight excluding hydrogens is 292 g/mol. The first-order chi connectivity index (χ1) is 9.21. The molecule has 0 atom stereocenters. The van der Waals surface area contributed by atoms with Crippen molar-refractivity contribution in [2.24, 2.45) is 0 Å². The van der Waals surface area contributed by atoms with Crippen molar-refractivity contribution < 1.29 is 8.42 Å². The van der Waals surface area contributed by atoms with Gasteiger partial charge in [-0.05, 0) is 31.7 Å². The van der Waals surface area contributed by atoms with E-state index >= 15 is 0 Å². The normalized spacial score (nSPS) is 12.8. The lowest BCUT2D eigenvalue weighted by atomic mass is 10.3. The number of nitrogens with one attached hydrogen (secondary N) is 1. The van der Waals surface area contributed by atoms with Crippen LogP contribution in [-0.4, -0.2) is 31.4 Å². The van der Waals surface area contributed by atoms with E-state index in [1.54, 1.807) is 4.31 Å². The Kier molecular flexibility index (Phi) is 6.19. The number of nitrogens with zero attached hydrogens (tertiary/aromatic N) is 1. The molecule has 0 aliphatic heterocycles. The van der Waals surface area contributed by atoms with Gasteiger partial charge in [0.05, 0.1) is 0 Å². The van der Waals surface area contributed by atoms with Crippen LogP contribution in [0.1, 0.15) is 45.1 Å². The van der Waals surface area contributed by atoms with Gasteiger partial charge in [-0.2, -0.15) is 4.31 Å². The molecule has 0 saturated carbocycles. The van der Waals surface area contributed by atoms with Crippen LogP contribution in [0, 0.1) is 6.92 Å². The first-order valence-corrected chi connectivity index (χ1v) is 9.35. The standard InChI is InChI=1S/C14H26N2O2S2/c1-7-16(11(4)5)20(17,18)14-12(6)9-19-13(14)8-15-10(2)3/h9-11,15H,7-8H2,1-6H3. The van der Waals surface area contributed by atoms with Crippen LogP contribution in [0.3, 0.4) is 0 Å². The van der Waals surface area contributed by atoms with Gasteiger partial charge in [0.15, 0.2) is 0 Å². The van der Waals surface area contributed by atoms with Crippen LogP contribution in [-0.2, 0) is 16.6 Å². The van der Waals surface area contributed by atoms with Crippen molar-refractivity contribution >= 4 is 21.4 Å². The van der Waals surface area contributed by atoms with Crippen LogP contribution in [0.4, 0.5) is 0 Å². The molecule has 0 saturated heterocycles. The van der Waals surface area contributed by atoms with E-state index in [2.05, 4.69) is 19.2 Å². The van der Waals surface area contributed by atoms with Crippen LogP contribution in [0.5, 0.6) is 0 Å². The van der Waals surface area contributed by atoms with Gasteiger partial charge in [-0.15, -0.1) is 11.3 Å². The van der Waals surface area contributed by atoms with Gasteiger partial charge in [0, 0.05) is 30.1 Å². The van der Waals surface area contributed by atoms with Gasteiger partial charge >= 0.3 is 0 Å². The lowest BCUT2D eigenvalue weighted by Gasteiger charge is -2.25. The highest BCUT2D eigenvalue weighted by molar-refractivity contribution is 7.89. The molecule has 0 aromatic carbocycles. The average molecular weight is 319 g/mol. The zero-order valence-electron chi connectivity index (χ0n) is 13.2. The number of sulfonamides is 1. The molecule has 0 bridgehead atoms. The van der Waals surface area contributed by atoms with Crippen molar-refractivity contribution in [2.45, 2.75) is 65.1 Å². The molecular formula is C14H26N2O2S2. The second-order valence-corrected chi connectivity index (χ2v) is 8.30. The smallest absolute Gasteiger partial charge is 0.244 e. The maximum Gasteiger partial charge on any atom is 0.244 e. The summed E-state index contributed by atoms with van der Waals surface area (Å²) in [7, 11) is -3.41. The lowest BCUT2D eigenvalue weighted by molar-refractivity contribution is 0.368. The summed E-state index contributed by atoms with van der Waals surface area (Å²) in [6, 6.07) is 0.301. The van der Waals surface area contributed by atoms with Gasteiger partial charge in [0.25, 0.3) is 0 Å². The fraction of sp³-hybridized carbons (Fsp3) is 0.714. The molecule has 1 aromatic heterocycles. The highest BCUT2D eigenvalue weighted by Crippen LogP contribution is 2.30. The number of rotatable bonds is 7. The maximum absolute atomic E-state index is 12.9. The van der Waals surface area contributed by atoms with E-state index in [0.29, 0.717) is 24.0 Å². The van der Waals surface area contributed by atoms with E-state index in [0.717, 1.165) is 10.4 Å². The second-order valence-electron chi connectivity index (χ2n) is 5.51. The summed E-state index contributed by atoms with van der Waals surface area (Å²) in [6.07, 6.45) is 0. The second kappa shape index (κ2) is 7.02. The molecule has 0 unspecified atom stereocenters. The molecule has 0 fully saturated rings. The van der Waals surface area contributed by atoms with Crippen LogP contribution in [0.2, 0.25) is 0 Å². The maximum atomic E-state index is 12.9. The molecule has 0 amide bonds. The van der Waals surface area contributed by atoms with Gasteiger partial charge < -0.3 is 5.32 Å². The molecule has 0 aliphatic carbocycles. The Hall–Kier alpha value is -0.430. The van der Waals surface area contributed by atoms with E-state index in [9.17, 15) is 8.42 Å². The summed E-state index contributed by atoms with van der Waals surface area (Å²) in [4.78, 5) is 1.39. The Bertz CT molecular complexity index is 533. The van der Waals surface area contributed by atoms with E-state index in [-0.39, 0.29) is 6.04 Å². The summed E-state index contributed by atoms with van der Waals surface area (Å²) in [5, 5.41) is 5.23. The molecule has 0 radical (unpaired) electrons. The predicted octanol–water partition coefficient (Wildman–Crippen LogP) is 2.97. The van der Waals surface area contributed by atoms with Gasteiger partial charge in [-0.3, -0.25) is 0 Å². The van der Waals surface area contributed by atoms with Gasteiger partial charge in [0.2, 0.25) is 10.0 Å². The molecule has 6 heteroatoms. The molecule has 20 heavy (non-hydrogen) atoms. The van der Waals surface area contributed by atoms with Gasteiger partial charge in [-0.25, -0.2) is 8.42 Å². The summed E-state index contributed by atoms with van der Waals surface area (Å²) >= 11 is 1.52. The zero-order chi connectivity index (χ0) is 15.5. The lowest BCUT2D eigenvalue weighted by Crippen LogP contribution is -2.37. The third-order valence-electron chi connectivity index (χ3n) is 3.11. The van der Waals surface area contributed by atoms with E-state index in [4.69, 9.17) is 0 Å². The Labute approximate surface area is 127 Å². The van der Waals surface area contributed by atoms with Crippen molar-refractivity contribution in [3.8, 4) is 0 Å². The van der Waals surface area contributed by atoms with Crippen molar-refractivity contribution in [1.29, 1.82) is 0 Å². The van der Waals surface area contributed by atoms with Crippen molar-refractivity contribution in [2.75, 3.05) is 6.54 Å². The van der Waals surface area contributed by atoms with E-state index in [1.165, 1.54) is 11.3 Å². The molecule has 1 aromatic rings. The van der Waals surface area contributed by atoms with Crippen LogP contribution in [0.15, 0.2) is 10.3 Å². The molecule has 1 heterocycles. The summed E-state index contributed by atoms with van der Waals surface area (Å²) < 4.78 is 27.3. The topological polar surface area (TPSA) is 49.4 Å². The minimum Gasteiger partial charge on any atom is -0.310 e. The Morgan fingerprint density at radius 1 is 1.30 bits per heavy atom. The SMILES string of the molecule is CCN(C(C)C)S(=O)(=O)c1c(C)csc1CNC(C)C. The monoisotopic (exact) mass is 318 g/mol. The van der Waals surface area contributed by atoms with E-state index < -0.39 is 10.0 Å². The van der Waals surface area contributed by atoms with Crippen LogP contribution < -0.4 is 5.32 Å². The fourth-order valence-corrected chi connectivity index (χ4v) is 5.54. The molecule has 0 spiro atoms. The molecule has 1 rings (SSSR count). The van der Waals surface area contributed by atoms with Crippen LogP contribution in [0.25, 0.3) is 0 Å². The molecule has 4 nitrogen and oxygen atoms in total. The number of thiophene rings is 1. The van der Waals surface area contributed by atoms with Crippen LogP contribution >= 0.6 is 11.3 Å².